The minimum absolute atomic E-state index is 0.315. The molecule has 0 saturated carbocycles. The number of amides is 3. The predicted molar refractivity (Wildman–Crippen MR) is 109 cm³/mol. The van der Waals surface area contributed by atoms with Gasteiger partial charge in [0.15, 0.2) is 0 Å². The fourth-order valence-corrected chi connectivity index (χ4v) is 3.93. The van der Waals surface area contributed by atoms with Gasteiger partial charge in [0.1, 0.15) is 6.04 Å². The van der Waals surface area contributed by atoms with Crippen LogP contribution in [0.4, 0.5) is 5.69 Å². The maximum atomic E-state index is 12.9. The number of nitrogens with zero attached hydrogens (tertiary/aromatic N) is 1. The van der Waals surface area contributed by atoms with Gasteiger partial charge in [0.05, 0.1) is 11.1 Å². The van der Waals surface area contributed by atoms with E-state index in [-0.39, 0.29) is 0 Å². The smallest absolute Gasteiger partial charge is 0.262 e. The minimum Gasteiger partial charge on any atom is -0.324 e. The van der Waals surface area contributed by atoms with Gasteiger partial charge in [-0.05, 0) is 48.8 Å². The molecule has 2 aromatic rings. The Morgan fingerprint density at radius 3 is 2.15 bits per heavy atom. The summed E-state index contributed by atoms with van der Waals surface area (Å²) < 4.78 is 0. The van der Waals surface area contributed by atoms with Crippen LogP contribution in [0.2, 0.25) is 10.0 Å². The van der Waals surface area contributed by atoms with Gasteiger partial charge in [0, 0.05) is 15.7 Å². The molecule has 2 aromatic carbocycles. The van der Waals surface area contributed by atoms with Crippen LogP contribution in [0.25, 0.3) is 0 Å². The molecule has 3 rings (SSSR count). The highest BCUT2D eigenvalue weighted by Gasteiger charge is 2.42. The van der Waals surface area contributed by atoms with Gasteiger partial charge in [-0.2, -0.15) is 11.8 Å². The van der Waals surface area contributed by atoms with E-state index in [2.05, 4.69) is 5.32 Å². The summed E-state index contributed by atoms with van der Waals surface area (Å²) in [4.78, 5) is 39.5. The topological polar surface area (TPSA) is 66.5 Å². The monoisotopic (exact) mass is 422 g/mol. The second-order valence-electron chi connectivity index (χ2n) is 5.97. The molecule has 0 fully saturated rings. The number of anilines is 1. The maximum Gasteiger partial charge on any atom is 0.262 e. The van der Waals surface area contributed by atoms with Gasteiger partial charge in [-0.3, -0.25) is 19.3 Å². The van der Waals surface area contributed by atoms with Crippen molar-refractivity contribution in [3.8, 4) is 0 Å². The van der Waals surface area contributed by atoms with E-state index < -0.39 is 23.8 Å². The summed E-state index contributed by atoms with van der Waals surface area (Å²) in [5.74, 6) is -0.763. The Labute approximate surface area is 171 Å². The Kier molecular flexibility index (Phi) is 6.09. The van der Waals surface area contributed by atoms with E-state index in [1.807, 2.05) is 6.26 Å². The van der Waals surface area contributed by atoms with E-state index in [0.717, 1.165) is 4.90 Å². The number of thioether (sulfide) groups is 1. The third-order valence-corrected chi connectivity index (χ3v) is 5.25. The van der Waals surface area contributed by atoms with Crippen molar-refractivity contribution in [3.05, 3.63) is 63.6 Å². The van der Waals surface area contributed by atoms with Crippen molar-refractivity contribution in [2.45, 2.75) is 12.5 Å². The second kappa shape index (κ2) is 8.33. The summed E-state index contributed by atoms with van der Waals surface area (Å²) in [5, 5.41) is 3.46. The molecule has 1 N–H and O–H groups in total. The van der Waals surface area contributed by atoms with Crippen LogP contribution in [0.3, 0.4) is 0 Å². The second-order valence-corrected chi connectivity index (χ2v) is 7.83. The number of halogens is 2. The molecular weight excluding hydrogens is 407 g/mol. The summed E-state index contributed by atoms with van der Waals surface area (Å²) in [6, 6.07) is 10.3. The Morgan fingerprint density at radius 2 is 1.63 bits per heavy atom. The van der Waals surface area contributed by atoms with Gasteiger partial charge in [0.2, 0.25) is 5.91 Å². The number of imide groups is 1. The number of carbonyl (C=O) groups excluding carboxylic acids is 3. The molecule has 0 saturated heterocycles. The zero-order valence-corrected chi connectivity index (χ0v) is 16.7. The first-order valence-electron chi connectivity index (χ1n) is 8.15. The number of benzene rings is 2. The van der Waals surface area contributed by atoms with Crippen LogP contribution < -0.4 is 5.32 Å². The van der Waals surface area contributed by atoms with E-state index in [9.17, 15) is 14.4 Å². The van der Waals surface area contributed by atoms with Crippen molar-refractivity contribution in [1.29, 1.82) is 0 Å². The van der Waals surface area contributed by atoms with Gasteiger partial charge >= 0.3 is 0 Å². The summed E-state index contributed by atoms with van der Waals surface area (Å²) >= 11 is 13.5. The van der Waals surface area contributed by atoms with Gasteiger partial charge in [-0.15, -0.1) is 0 Å². The van der Waals surface area contributed by atoms with Crippen molar-refractivity contribution in [2.75, 3.05) is 17.3 Å². The molecule has 0 aliphatic carbocycles. The van der Waals surface area contributed by atoms with Crippen LogP contribution in [0, 0.1) is 0 Å². The molecule has 0 spiro atoms. The molecule has 0 unspecified atom stereocenters. The highest BCUT2D eigenvalue weighted by molar-refractivity contribution is 7.98. The fraction of sp³-hybridized carbons (Fsp3) is 0.211. The quantitative estimate of drug-likeness (QED) is 0.702. The zero-order valence-electron chi connectivity index (χ0n) is 14.4. The highest BCUT2D eigenvalue weighted by atomic mass is 35.5. The molecule has 0 bridgehead atoms. The van der Waals surface area contributed by atoms with Crippen LogP contribution in [0.5, 0.6) is 0 Å². The summed E-state index contributed by atoms with van der Waals surface area (Å²) in [5.41, 5.74) is 1.04. The van der Waals surface area contributed by atoms with Crippen molar-refractivity contribution in [3.63, 3.8) is 0 Å². The number of nitrogens with one attached hydrogen (secondary N) is 1. The van der Waals surface area contributed by atoms with Gasteiger partial charge in [-0.25, -0.2) is 0 Å². The molecule has 5 nitrogen and oxygen atoms in total. The van der Waals surface area contributed by atoms with E-state index in [4.69, 9.17) is 23.2 Å². The molecule has 140 valence electrons. The SMILES string of the molecule is CSCC[C@@H](C(=O)Nc1cc(Cl)cc(Cl)c1)N1C(=O)c2ccccc2C1=O. The largest absolute Gasteiger partial charge is 0.324 e. The van der Waals surface area contributed by atoms with Crippen LogP contribution in [0.15, 0.2) is 42.5 Å². The Balaban J connectivity index is 1.89. The molecule has 1 aliphatic heterocycles. The summed E-state index contributed by atoms with van der Waals surface area (Å²) in [6.07, 6.45) is 2.24. The number of fused-ring (bicyclic) bond motifs is 1. The van der Waals surface area contributed by atoms with Crippen molar-refractivity contribution in [1.82, 2.24) is 4.90 Å². The average Bonchev–Trinajstić information content (AvgIpc) is 2.87. The number of rotatable bonds is 6. The summed E-state index contributed by atoms with van der Waals surface area (Å²) in [7, 11) is 0. The van der Waals surface area contributed by atoms with Gasteiger partial charge < -0.3 is 5.32 Å². The zero-order chi connectivity index (χ0) is 19.6. The van der Waals surface area contributed by atoms with Crippen LogP contribution in [0.1, 0.15) is 27.1 Å². The van der Waals surface area contributed by atoms with Crippen molar-refractivity contribution in [2.24, 2.45) is 0 Å². The Bertz CT molecular complexity index is 864. The third kappa shape index (κ3) is 4.13. The molecule has 1 atom stereocenters. The number of carbonyl (C=O) groups is 3. The standard InChI is InChI=1S/C19H16Cl2N2O3S/c1-27-7-6-16(17(24)22-13-9-11(20)8-12(21)10-13)23-18(25)14-4-2-3-5-15(14)19(23)26/h2-5,8-10,16H,6-7H2,1H3,(H,22,24)/t16-/m0/s1. The predicted octanol–water partition coefficient (Wildman–Crippen LogP) is 4.35. The third-order valence-electron chi connectivity index (χ3n) is 4.17. The summed E-state index contributed by atoms with van der Waals surface area (Å²) in [6.45, 7) is 0. The van der Waals surface area contributed by atoms with Crippen molar-refractivity contribution >= 4 is 58.4 Å². The molecule has 3 amide bonds. The van der Waals surface area contributed by atoms with Crippen LogP contribution >= 0.6 is 35.0 Å². The Hall–Kier alpha value is -2.02. The van der Waals surface area contributed by atoms with Crippen molar-refractivity contribution < 1.29 is 14.4 Å². The van der Waals surface area contributed by atoms with E-state index in [0.29, 0.717) is 39.0 Å². The lowest BCUT2D eigenvalue weighted by molar-refractivity contribution is -0.120. The lowest BCUT2D eigenvalue weighted by Crippen LogP contribution is -2.47. The Morgan fingerprint density at radius 1 is 1.07 bits per heavy atom. The molecule has 1 aliphatic rings. The lowest BCUT2D eigenvalue weighted by Gasteiger charge is -2.25. The molecular formula is C19H16Cl2N2O3S. The van der Waals surface area contributed by atoms with Gasteiger partial charge in [0.25, 0.3) is 11.8 Å². The fourth-order valence-electron chi connectivity index (χ4n) is 2.95. The number of hydrogen-bond acceptors (Lipinski definition) is 4. The molecule has 0 radical (unpaired) electrons. The lowest BCUT2D eigenvalue weighted by atomic mass is 10.1. The molecule has 27 heavy (non-hydrogen) atoms. The first kappa shape index (κ1) is 19.7. The van der Waals surface area contributed by atoms with Crippen LogP contribution in [-0.4, -0.2) is 40.7 Å². The van der Waals surface area contributed by atoms with Gasteiger partial charge in [-0.1, -0.05) is 35.3 Å². The van der Waals surface area contributed by atoms with Crippen LogP contribution in [-0.2, 0) is 4.79 Å². The minimum atomic E-state index is -0.928. The molecule has 8 heteroatoms. The van der Waals surface area contributed by atoms with E-state index in [1.165, 1.54) is 11.8 Å². The first-order chi connectivity index (χ1) is 12.9. The van der Waals surface area contributed by atoms with E-state index >= 15 is 0 Å². The molecule has 0 aromatic heterocycles. The first-order valence-corrected chi connectivity index (χ1v) is 10.3. The number of hydrogen-bond donors (Lipinski definition) is 1. The van der Waals surface area contributed by atoms with E-state index in [1.54, 1.807) is 42.5 Å². The molecule has 1 heterocycles. The maximum absolute atomic E-state index is 12.9. The normalized spacial score (nSPS) is 14.3. The highest BCUT2D eigenvalue weighted by Crippen LogP contribution is 2.28. The average molecular weight is 423 g/mol.